The van der Waals surface area contributed by atoms with Gasteiger partial charge in [-0.05, 0) is 24.6 Å². The molecule has 2 heterocycles. The van der Waals surface area contributed by atoms with Gasteiger partial charge in [0, 0.05) is 12.4 Å². The lowest BCUT2D eigenvalue weighted by Gasteiger charge is -2.06. The van der Waals surface area contributed by atoms with Gasteiger partial charge in [-0.1, -0.05) is 6.07 Å². The van der Waals surface area contributed by atoms with Crippen molar-refractivity contribution in [3.8, 4) is 0 Å². The number of nitrogen functional groups attached to an aromatic ring is 1. The van der Waals surface area contributed by atoms with E-state index in [1.807, 2.05) is 6.92 Å². The molecule has 3 rings (SSSR count). The van der Waals surface area contributed by atoms with E-state index in [1.54, 1.807) is 12.1 Å². The highest BCUT2D eigenvalue weighted by Crippen LogP contribution is 2.31. The van der Waals surface area contributed by atoms with Gasteiger partial charge in [-0.2, -0.15) is 0 Å². The van der Waals surface area contributed by atoms with Gasteiger partial charge < -0.3 is 11.1 Å². The molecular weight excluding hydrogens is 291 g/mol. The van der Waals surface area contributed by atoms with Crippen LogP contribution in [0.1, 0.15) is 15.2 Å². The number of amides is 1. The predicted octanol–water partition coefficient (Wildman–Crippen LogP) is 2.97. The monoisotopic (exact) mass is 302 g/mol. The van der Waals surface area contributed by atoms with Gasteiger partial charge in [0.25, 0.3) is 5.91 Å². The van der Waals surface area contributed by atoms with Gasteiger partial charge in [0.15, 0.2) is 0 Å². The Hall–Kier alpha value is -2.54. The Balaban J connectivity index is 1.97. The van der Waals surface area contributed by atoms with Crippen molar-refractivity contribution in [3.63, 3.8) is 0 Å². The van der Waals surface area contributed by atoms with Gasteiger partial charge in [0.05, 0.1) is 11.4 Å². The van der Waals surface area contributed by atoms with E-state index in [1.165, 1.54) is 18.5 Å². The Morgan fingerprint density at radius 3 is 2.86 bits per heavy atom. The number of hydrogen-bond acceptors (Lipinski definition) is 5. The van der Waals surface area contributed by atoms with Crippen molar-refractivity contribution >= 4 is 39.0 Å². The molecule has 7 heteroatoms. The molecule has 0 aliphatic heterocycles. The summed E-state index contributed by atoms with van der Waals surface area (Å²) < 4.78 is 13.7. The Morgan fingerprint density at radius 2 is 2.10 bits per heavy atom. The van der Waals surface area contributed by atoms with E-state index in [2.05, 4.69) is 15.3 Å². The molecule has 1 amide bonds. The van der Waals surface area contributed by atoms with Crippen LogP contribution in [0.15, 0.2) is 30.6 Å². The number of hydrogen-bond donors (Lipinski definition) is 2. The van der Waals surface area contributed by atoms with Crippen molar-refractivity contribution in [2.24, 2.45) is 0 Å². The third-order valence-corrected chi connectivity index (χ3v) is 4.04. The number of carbonyl (C=O) groups excluding carboxylic acids is 1. The molecule has 5 nitrogen and oxygen atoms in total. The van der Waals surface area contributed by atoms with Crippen LogP contribution in [0.5, 0.6) is 0 Å². The maximum absolute atomic E-state index is 13.7. The fraction of sp³-hybridized carbons (Fsp3) is 0.0714. The fourth-order valence-corrected chi connectivity index (χ4v) is 2.84. The van der Waals surface area contributed by atoms with Crippen LogP contribution in [0.3, 0.4) is 0 Å². The first-order chi connectivity index (χ1) is 10.1. The minimum atomic E-state index is -0.495. The van der Waals surface area contributed by atoms with Crippen molar-refractivity contribution in [1.82, 2.24) is 9.97 Å². The number of thiophene rings is 1. The maximum atomic E-state index is 13.7. The van der Waals surface area contributed by atoms with Crippen LogP contribution >= 0.6 is 11.3 Å². The van der Waals surface area contributed by atoms with Gasteiger partial charge in [-0.25, -0.2) is 14.4 Å². The summed E-state index contributed by atoms with van der Waals surface area (Å²) in [6.45, 7) is 1.82. The lowest BCUT2D eigenvalue weighted by molar-refractivity contribution is 0.103. The summed E-state index contributed by atoms with van der Waals surface area (Å²) in [5, 5.41) is 2.53. The summed E-state index contributed by atoms with van der Waals surface area (Å²) in [7, 11) is 0. The quantitative estimate of drug-likeness (QED) is 0.762. The fourth-order valence-electron chi connectivity index (χ4n) is 1.93. The van der Waals surface area contributed by atoms with Crippen LogP contribution in [0, 0.1) is 12.7 Å². The summed E-state index contributed by atoms with van der Waals surface area (Å²) in [6.07, 6.45) is 3.04. The number of fused-ring (bicyclic) bond motifs is 1. The van der Waals surface area contributed by atoms with E-state index in [-0.39, 0.29) is 16.3 Å². The molecule has 0 spiro atoms. The van der Waals surface area contributed by atoms with Crippen LogP contribution in [-0.2, 0) is 0 Å². The molecule has 3 N–H and O–H groups in total. The van der Waals surface area contributed by atoms with Crippen molar-refractivity contribution in [2.45, 2.75) is 6.92 Å². The van der Waals surface area contributed by atoms with E-state index >= 15 is 0 Å². The lowest BCUT2D eigenvalue weighted by atomic mass is 10.2. The zero-order valence-corrected chi connectivity index (χ0v) is 11.9. The Morgan fingerprint density at radius 1 is 1.33 bits per heavy atom. The van der Waals surface area contributed by atoms with Crippen molar-refractivity contribution in [1.29, 1.82) is 0 Å². The minimum absolute atomic E-state index is 0.123. The molecular formula is C14H11FN4OS. The van der Waals surface area contributed by atoms with Crippen LogP contribution in [0.4, 0.5) is 15.8 Å². The smallest absolute Gasteiger partial charge is 0.268 e. The lowest BCUT2D eigenvalue weighted by Crippen LogP contribution is -2.13. The summed E-state index contributed by atoms with van der Waals surface area (Å²) in [5.74, 6) is -0.966. The molecule has 2 aromatic heterocycles. The Kier molecular flexibility index (Phi) is 3.26. The molecule has 0 aliphatic carbocycles. The zero-order valence-electron chi connectivity index (χ0n) is 11.1. The highest BCUT2D eigenvalue weighted by atomic mass is 32.1. The number of nitrogens with one attached hydrogen (secondary N) is 1. The molecule has 0 saturated carbocycles. The number of rotatable bonds is 2. The molecule has 3 aromatic rings. The number of aromatic nitrogens is 2. The molecule has 0 fully saturated rings. The largest absolute Gasteiger partial charge is 0.396 e. The van der Waals surface area contributed by atoms with E-state index in [4.69, 9.17) is 5.73 Å². The normalized spacial score (nSPS) is 10.8. The van der Waals surface area contributed by atoms with Crippen LogP contribution in [0.25, 0.3) is 10.3 Å². The number of anilines is 2. The molecule has 21 heavy (non-hydrogen) atoms. The number of carbonyl (C=O) groups is 1. The number of benzene rings is 1. The minimum Gasteiger partial charge on any atom is -0.396 e. The number of halogens is 1. The summed E-state index contributed by atoms with van der Waals surface area (Å²) in [5.41, 5.74) is 7.63. The third kappa shape index (κ3) is 2.43. The molecule has 0 unspecified atom stereocenters. The number of aryl methyl sites for hydroxylation is 1. The summed E-state index contributed by atoms with van der Waals surface area (Å²) in [4.78, 5) is 21.3. The summed E-state index contributed by atoms with van der Waals surface area (Å²) >= 11 is 1.13. The van der Waals surface area contributed by atoms with Gasteiger partial charge in [-0.3, -0.25) is 4.79 Å². The first-order valence-electron chi connectivity index (χ1n) is 6.13. The molecule has 106 valence electrons. The summed E-state index contributed by atoms with van der Waals surface area (Å²) in [6, 6.07) is 4.50. The van der Waals surface area contributed by atoms with Crippen LogP contribution < -0.4 is 11.1 Å². The van der Waals surface area contributed by atoms with Gasteiger partial charge >= 0.3 is 0 Å². The highest BCUT2D eigenvalue weighted by molar-refractivity contribution is 7.21. The first kappa shape index (κ1) is 13.4. The maximum Gasteiger partial charge on any atom is 0.268 e. The Labute approximate surface area is 123 Å². The molecule has 0 bridgehead atoms. The SMILES string of the molecule is Cc1ccc(F)c(NC(=O)c2sc3nccnc3c2N)c1. The highest BCUT2D eigenvalue weighted by Gasteiger charge is 2.19. The molecule has 0 atom stereocenters. The average molecular weight is 302 g/mol. The van der Waals surface area contributed by atoms with E-state index in [0.717, 1.165) is 16.9 Å². The molecule has 1 aromatic carbocycles. The standard InChI is InChI=1S/C14H11FN4OS/c1-7-2-3-8(15)9(6-7)19-13(20)12-10(16)11-14(21-12)18-5-4-17-11/h2-6H,16H2,1H3,(H,19,20). The van der Waals surface area contributed by atoms with Crippen molar-refractivity contribution in [3.05, 3.63) is 46.9 Å². The van der Waals surface area contributed by atoms with Crippen molar-refractivity contribution in [2.75, 3.05) is 11.1 Å². The van der Waals surface area contributed by atoms with Gasteiger partial charge in [-0.15, -0.1) is 11.3 Å². The predicted molar refractivity (Wildman–Crippen MR) is 80.9 cm³/mol. The second-order valence-electron chi connectivity index (χ2n) is 4.49. The average Bonchev–Trinajstić information content (AvgIpc) is 2.81. The van der Waals surface area contributed by atoms with E-state index in [9.17, 15) is 9.18 Å². The van der Waals surface area contributed by atoms with Gasteiger partial charge in [0.2, 0.25) is 0 Å². The topological polar surface area (TPSA) is 80.9 Å². The number of nitrogens with two attached hydrogens (primary N) is 1. The third-order valence-electron chi connectivity index (χ3n) is 2.94. The zero-order chi connectivity index (χ0) is 15.0. The molecule has 0 radical (unpaired) electrons. The van der Waals surface area contributed by atoms with Crippen LogP contribution in [-0.4, -0.2) is 15.9 Å². The molecule has 0 saturated heterocycles. The van der Waals surface area contributed by atoms with Crippen molar-refractivity contribution < 1.29 is 9.18 Å². The first-order valence-corrected chi connectivity index (χ1v) is 6.94. The second-order valence-corrected chi connectivity index (χ2v) is 5.49. The Bertz CT molecular complexity index is 846. The second kappa shape index (κ2) is 5.10. The van der Waals surface area contributed by atoms with E-state index < -0.39 is 11.7 Å². The molecule has 0 aliphatic rings. The van der Waals surface area contributed by atoms with Gasteiger partial charge in [0.1, 0.15) is 21.0 Å². The number of nitrogens with zero attached hydrogens (tertiary/aromatic N) is 2. The van der Waals surface area contributed by atoms with Crippen LogP contribution in [0.2, 0.25) is 0 Å². The van der Waals surface area contributed by atoms with E-state index in [0.29, 0.717) is 10.3 Å².